The molecule has 0 radical (unpaired) electrons. The molecule has 0 amide bonds. The first-order chi connectivity index (χ1) is 12.7. The van der Waals surface area contributed by atoms with Crippen LogP contribution in [0.15, 0.2) is 75.9 Å². The Bertz CT molecular complexity index is 1090. The first-order valence-corrected chi connectivity index (χ1v) is 8.49. The molecule has 0 spiro atoms. The summed E-state index contributed by atoms with van der Waals surface area (Å²) in [5, 5.41) is 10.3. The Morgan fingerprint density at radius 1 is 0.885 bits per heavy atom. The third kappa shape index (κ3) is 3.27. The average molecular weight is 406 g/mol. The smallest absolute Gasteiger partial charge is 0.178 e. The largest absolute Gasteiger partial charge is 0.382 e. The number of nitrogen functional groups attached to an aromatic ring is 1. The molecular weight excluding hydrogens is 394 g/mol. The van der Waals surface area contributed by atoms with E-state index in [1.807, 2.05) is 18.2 Å². The highest BCUT2D eigenvalue weighted by atomic mass is 79.9. The fourth-order valence-corrected chi connectivity index (χ4v) is 2.77. The van der Waals surface area contributed by atoms with Gasteiger partial charge < -0.3 is 5.73 Å². The first kappa shape index (κ1) is 16.2. The number of rotatable bonds is 3. The van der Waals surface area contributed by atoms with E-state index in [2.05, 4.69) is 46.1 Å². The van der Waals surface area contributed by atoms with Gasteiger partial charge in [0.25, 0.3) is 0 Å². The molecule has 0 aliphatic rings. The van der Waals surface area contributed by atoms with Crippen molar-refractivity contribution in [3.8, 4) is 11.5 Å². The highest BCUT2D eigenvalue weighted by molar-refractivity contribution is 9.10. The Morgan fingerprint density at radius 3 is 2.50 bits per heavy atom. The van der Waals surface area contributed by atoms with Crippen LogP contribution in [0.2, 0.25) is 0 Å². The van der Waals surface area contributed by atoms with Crippen molar-refractivity contribution >= 4 is 43.9 Å². The molecule has 0 unspecified atom stereocenters. The van der Waals surface area contributed by atoms with E-state index in [9.17, 15) is 0 Å². The number of pyridine rings is 2. The lowest BCUT2D eigenvalue weighted by Crippen LogP contribution is -1.91. The van der Waals surface area contributed by atoms with Gasteiger partial charge in [0.15, 0.2) is 11.6 Å². The Hall–Kier alpha value is -3.26. The molecule has 4 rings (SSSR count). The van der Waals surface area contributed by atoms with Crippen molar-refractivity contribution in [1.82, 2.24) is 19.9 Å². The molecule has 0 aliphatic heterocycles. The lowest BCUT2D eigenvalue weighted by atomic mass is 10.1. The topological polar surface area (TPSA) is 102 Å². The molecule has 126 valence electrons. The van der Waals surface area contributed by atoms with E-state index in [-0.39, 0.29) is 0 Å². The Balaban J connectivity index is 1.67. The summed E-state index contributed by atoms with van der Waals surface area (Å²) in [6, 6.07) is 11.2. The number of nitrogens with zero attached hydrogens (tertiary/aromatic N) is 6. The quantitative estimate of drug-likeness (QED) is 0.490. The van der Waals surface area contributed by atoms with E-state index in [1.165, 1.54) is 0 Å². The minimum absolute atomic E-state index is 0.321. The summed E-state index contributed by atoms with van der Waals surface area (Å²) in [6.45, 7) is 0. The van der Waals surface area contributed by atoms with Crippen molar-refractivity contribution in [3.63, 3.8) is 0 Å². The lowest BCUT2D eigenvalue weighted by Gasteiger charge is -2.04. The number of benzene rings is 1. The molecule has 0 aliphatic carbocycles. The second-order valence-corrected chi connectivity index (χ2v) is 6.31. The molecule has 3 aromatic heterocycles. The number of halogens is 1. The van der Waals surface area contributed by atoms with Crippen LogP contribution in [0.3, 0.4) is 0 Å². The zero-order valence-corrected chi connectivity index (χ0v) is 15.0. The normalized spacial score (nSPS) is 11.3. The number of hydrogen-bond acceptors (Lipinski definition) is 7. The predicted molar refractivity (Wildman–Crippen MR) is 103 cm³/mol. The van der Waals surface area contributed by atoms with Gasteiger partial charge in [0, 0.05) is 33.8 Å². The summed E-state index contributed by atoms with van der Waals surface area (Å²) in [4.78, 5) is 16.8. The van der Waals surface area contributed by atoms with Gasteiger partial charge in [0.1, 0.15) is 17.1 Å². The van der Waals surface area contributed by atoms with Crippen LogP contribution in [-0.4, -0.2) is 19.9 Å². The van der Waals surface area contributed by atoms with Crippen LogP contribution >= 0.6 is 15.9 Å². The Morgan fingerprint density at radius 2 is 1.73 bits per heavy atom. The monoisotopic (exact) mass is 405 g/mol. The standard InChI is InChI=1S/C18H12BrN7/c19-12-3-2-11-9-24-17(20)16(14(11)8-12)26-25-13-4-5-15(23-10-13)18-21-6-1-7-22-18/h1-10H,(H2,20,24). The van der Waals surface area contributed by atoms with Gasteiger partial charge in [-0.2, -0.15) is 0 Å². The van der Waals surface area contributed by atoms with Crippen LogP contribution in [0, 0.1) is 0 Å². The second-order valence-electron chi connectivity index (χ2n) is 5.40. The molecule has 8 heteroatoms. The summed E-state index contributed by atoms with van der Waals surface area (Å²) in [5.74, 6) is 0.880. The van der Waals surface area contributed by atoms with E-state index in [0.29, 0.717) is 28.7 Å². The van der Waals surface area contributed by atoms with Crippen LogP contribution in [-0.2, 0) is 0 Å². The van der Waals surface area contributed by atoms with E-state index in [1.54, 1.807) is 43.0 Å². The SMILES string of the molecule is Nc1ncc2ccc(Br)cc2c1N=Nc1ccc(-c2ncccn2)nc1. The highest BCUT2D eigenvalue weighted by Gasteiger charge is 2.07. The number of hydrogen-bond donors (Lipinski definition) is 1. The van der Waals surface area contributed by atoms with Gasteiger partial charge in [0.05, 0.1) is 6.20 Å². The van der Waals surface area contributed by atoms with Gasteiger partial charge in [-0.15, -0.1) is 10.2 Å². The molecule has 7 nitrogen and oxygen atoms in total. The van der Waals surface area contributed by atoms with Gasteiger partial charge in [-0.1, -0.05) is 22.0 Å². The van der Waals surface area contributed by atoms with Crippen molar-refractivity contribution < 1.29 is 0 Å². The van der Waals surface area contributed by atoms with Crippen molar-refractivity contribution in [2.24, 2.45) is 10.2 Å². The van der Waals surface area contributed by atoms with Crippen LogP contribution in [0.25, 0.3) is 22.3 Å². The summed E-state index contributed by atoms with van der Waals surface area (Å²) in [7, 11) is 0. The van der Waals surface area contributed by atoms with Gasteiger partial charge in [-0.25, -0.2) is 15.0 Å². The van der Waals surface area contributed by atoms with Gasteiger partial charge in [-0.05, 0) is 30.3 Å². The summed E-state index contributed by atoms with van der Waals surface area (Å²) >= 11 is 3.46. The summed E-state index contributed by atoms with van der Waals surface area (Å²) in [5.41, 5.74) is 7.78. The molecule has 0 bridgehead atoms. The molecule has 1 aromatic carbocycles. The molecule has 0 atom stereocenters. The zero-order valence-electron chi connectivity index (χ0n) is 13.4. The Kier molecular flexibility index (Phi) is 4.32. The number of nitrogens with two attached hydrogens (primary N) is 1. The van der Waals surface area contributed by atoms with Crippen LogP contribution in [0.4, 0.5) is 17.2 Å². The second kappa shape index (κ2) is 6.93. The molecule has 4 aromatic rings. The third-order valence-electron chi connectivity index (χ3n) is 3.66. The van der Waals surface area contributed by atoms with Gasteiger partial charge >= 0.3 is 0 Å². The lowest BCUT2D eigenvalue weighted by molar-refractivity contribution is 1.13. The third-order valence-corrected chi connectivity index (χ3v) is 4.16. The van der Waals surface area contributed by atoms with E-state index >= 15 is 0 Å². The summed E-state index contributed by atoms with van der Waals surface area (Å²) < 4.78 is 0.931. The maximum Gasteiger partial charge on any atom is 0.178 e. The first-order valence-electron chi connectivity index (χ1n) is 7.69. The van der Waals surface area contributed by atoms with Gasteiger partial charge in [0.2, 0.25) is 0 Å². The maximum absolute atomic E-state index is 5.99. The fraction of sp³-hybridized carbons (Fsp3) is 0. The van der Waals surface area contributed by atoms with Crippen LogP contribution in [0.1, 0.15) is 0 Å². The maximum atomic E-state index is 5.99. The molecule has 3 heterocycles. The van der Waals surface area contributed by atoms with Crippen LogP contribution < -0.4 is 5.73 Å². The molecule has 0 saturated carbocycles. The number of anilines is 1. The average Bonchev–Trinajstić information content (AvgIpc) is 2.68. The predicted octanol–water partition coefficient (Wildman–Crippen LogP) is 4.85. The van der Waals surface area contributed by atoms with E-state index < -0.39 is 0 Å². The van der Waals surface area contributed by atoms with Crippen molar-refractivity contribution in [2.45, 2.75) is 0 Å². The summed E-state index contributed by atoms with van der Waals surface area (Å²) in [6.07, 6.45) is 6.67. The minimum atomic E-state index is 0.321. The molecular formula is C18H12BrN7. The van der Waals surface area contributed by atoms with E-state index in [0.717, 1.165) is 15.2 Å². The van der Waals surface area contributed by atoms with E-state index in [4.69, 9.17) is 5.73 Å². The molecule has 0 fully saturated rings. The Labute approximate surface area is 157 Å². The van der Waals surface area contributed by atoms with Crippen molar-refractivity contribution in [2.75, 3.05) is 5.73 Å². The molecule has 26 heavy (non-hydrogen) atoms. The zero-order chi connectivity index (χ0) is 17.9. The fourth-order valence-electron chi connectivity index (χ4n) is 2.41. The molecule has 2 N–H and O–H groups in total. The number of aromatic nitrogens is 4. The van der Waals surface area contributed by atoms with Crippen LogP contribution in [0.5, 0.6) is 0 Å². The number of fused-ring (bicyclic) bond motifs is 1. The number of azo groups is 1. The van der Waals surface area contributed by atoms with Gasteiger partial charge in [-0.3, -0.25) is 4.98 Å². The minimum Gasteiger partial charge on any atom is -0.382 e. The van der Waals surface area contributed by atoms with Crippen molar-refractivity contribution in [3.05, 3.63) is 65.7 Å². The highest BCUT2D eigenvalue weighted by Crippen LogP contribution is 2.33. The molecule has 0 saturated heterocycles. The van der Waals surface area contributed by atoms with Crippen molar-refractivity contribution in [1.29, 1.82) is 0 Å².